The fraction of sp³-hybridized carbons (Fsp3) is 0.214. The molecule has 0 bridgehead atoms. The van der Waals surface area contributed by atoms with Gasteiger partial charge in [-0.25, -0.2) is 4.79 Å². The van der Waals surface area contributed by atoms with Gasteiger partial charge in [-0.05, 0) is 69.5 Å². The molecule has 19 heavy (non-hydrogen) atoms. The number of hydrogen-bond donors (Lipinski definition) is 1. The average Bonchev–Trinajstić information content (AvgIpc) is 2.75. The van der Waals surface area contributed by atoms with E-state index in [0.29, 0.717) is 12.2 Å². The monoisotopic (exact) mass is 387 g/mol. The van der Waals surface area contributed by atoms with Crippen molar-refractivity contribution in [2.24, 2.45) is 0 Å². The van der Waals surface area contributed by atoms with Crippen LogP contribution in [0.25, 0.3) is 0 Å². The first kappa shape index (κ1) is 16.0. The molecular formula is C14H15Br2NO2. The van der Waals surface area contributed by atoms with Crippen LogP contribution < -0.4 is 0 Å². The van der Waals surface area contributed by atoms with Gasteiger partial charge in [0.2, 0.25) is 0 Å². The molecule has 1 aromatic heterocycles. The maximum Gasteiger partial charge on any atom is 0.338 e. The number of aromatic amines is 1. The maximum absolute atomic E-state index is 11.2. The zero-order chi connectivity index (χ0) is 14.3. The van der Waals surface area contributed by atoms with Crippen molar-refractivity contribution < 1.29 is 9.53 Å². The van der Waals surface area contributed by atoms with Crippen LogP contribution in [0, 0.1) is 6.92 Å². The predicted molar refractivity (Wildman–Crippen MR) is 83.3 cm³/mol. The van der Waals surface area contributed by atoms with Gasteiger partial charge in [-0.2, -0.15) is 0 Å². The van der Waals surface area contributed by atoms with Crippen LogP contribution in [0.2, 0.25) is 0 Å². The molecule has 3 nitrogen and oxygen atoms in total. The Labute approximate surface area is 129 Å². The Kier molecular flexibility index (Phi) is 6.87. The Hall–Kier alpha value is -1.07. The van der Waals surface area contributed by atoms with Gasteiger partial charge in [-0.15, -0.1) is 0 Å². The summed E-state index contributed by atoms with van der Waals surface area (Å²) in [4.78, 5) is 14.2. The number of rotatable bonds is 2. The molecule has 0 amide bonds. The number of aryl methyl sites for hydroxylation is 1. The topological polar surface area (TPSA) is 42.1 Å². The van der Waals surface area contributed by atoms with Gasteiger partial charge in [0.05, 0.1) is 21.4 Å². The Morgan fingerprint density at radius 3 is 2.16 bits per heavy atom. The molecule has 0 fully saturated rings. The van der Waals surface area contributed by atoms with Crippen LogP contribution in [-0.2, 0) is 4.74 Å². The molecular weight excluding hydrogens is 374 g/mol. The summed E-state index contributed by atoms with van der Waals surface area (Å²) >= 11 is 6.49. The molecule has 0 aliphatic heterocycles. The summed E-state index contributed by atoms with van der Waals surface area (Å²) in [7, 11) is 0. The number of carbonyl (C=O) groups excluding carboxylic acids is 1. The molecule has 1 N–H and O–H groups in total. The van der Waals surface area contributed by atoms with Crippen molar-refractivity contribution >= 4 is 37.8 Å². The highest BCUT2D eigenvalue weighted by Crippen LogP contribution is 2.12. The highest BCUT2D eigenvalue weighted by Gasteiger charge is 2.07. The molecule has 1 heterocycles. The van der Waals surface area contributed by atoms with E-state index in [1.807, 2.05) is 37.3 Å². The van der Waals surface area contributed by atoms with E-state index in [-0.39, 0.29) is 5.97 Å². The molecule has 0 spiro atoms. The van der Waals surface area contributed by atoms with E-state index in [2.05, 4.69) is 36.8 Å². The quantitative estimate of drug-likeness (QED) is 0.756. The minimum atomic E-state index is -0.240. The number of hydrogen-bond acceptors (Lipinski definition) is 2. The minimum absolute atomic E-state index is 0.240. The van der Waals surface area contributed by atoms with Gasteiger partial charge in [0.1, 0.15) is 0 Å². The van der Waals surface area contributed by atoms with Crippen LogP contribution in [0.1, 0.15) is 22.8 Å². The van der Waals surface area contributed by atoms with Crippen molar-refractivity contribution in [3.05, 3.63) is 56.7 Å². The molecule has 2 aromatic rings. The summed E-state index contributed by atoms with van der Waals surface area (Å²) in [5.74, 6) is -0.240. The lowest BCUT2D eigenvalue weighted by atomic mass is 10.1. The predicted octanol–water partition coefficient (Wildman–Crippen LogP) is 4.71. The molecule has 0 unspecified atom stereocenters. The number of benzene rings is 1. The van der Waals surface area contributed by atoms with Crippen molar-refractivity contribution in [2.45, 2.75) is 13.8 Å². The lowest BCUT2D eigenvalue weighted by Gasteiger charge is -2.03. The fourth-order valence-corrected chi connectivity index (χ4v) is 2.31. The number of aromatic nitrogens is 1. The van der Waals surface area contributed by atoms with Crippen LogP contribution in [-0.4, -0.2) is 17.6 Å². The second kappa shape index (κ2) is 8.17. The van der Waals surface area contributed by atoms with Gasteiger partial charge in [-0.1, -0.05) is 18.2 Å². The zero-order valence-electron chi connectivity index (χ0n) is 10.7. The third-order valence-electron chi connectivity index (χ3n) is 2.26. The van der Waals surface area contributed by atoms with Crippen LogP contribution in [0.4, 0.5) is 0 Å². The summed E-state index contributed by atoms with van der Waals surface area (Å²) in [5.41, 5.74) is 1.61. The summed E-state index contributed by atoms with van der Waals surface area (Å²) in [6, 6.07) is 11.3. The smallest absolute Gasteiger partial charge is 0.338 e. The van der Waals surface area contributed by atoms with E-state index < -0.39 is 0 Å². The van der Waals surface area contributed by atoms with Gasteiger partial charge in [-0.3, -0.25) is 0 Å². The summed E-state index contributed by atoms with van der Waals surface area (Å²) < 4.78 is 6.87. The molecule has 2 rings (SSSR count). The van der Waals surface area contributed by atoms with Gasteiger partial charge in [0.25, 0.3) is 0 Å². The van der Waals surface area contributed by atoms with Gasteiger partial charge in [0.15, 0.2) is 0 Å². The van der Waals surface area contributed by atoms with Crippen molar-refractivity contribution in [1.29, 1.82) is 0 Å². The highest BCUT2D eigenvalue weighted by molar-refractivity contribution is 9.11. The van der Waals surface area contributed by atoms with Gasteiger partial charge >= 0.3 is 5.97 Å². The first-order valence-corrected chi connectivity index (χ1v) is 7.36. The van der Waals surface area contributed by atoms with E-state index in [9.17, 15) is 4.79 Å². The minimum Gasteiger partial charge on any atom is -0.462 e. The van der Waals surface area contributed by atoms with Crippen molar-refractivity contribution in [1.82, 2.24) is 4.98 Å². The van der Waals surface area contributed by atoms with Crippen LogP contribution in [0.5, 0.6) is 0 Å². The summed E-state index contributed by atoms with van der Waals surface area (Å²) in [5, 5.41) is 0. The lowest BCUT2D eigenvalue weighted by Crippen LogP contribution is -2.05. The Morgan fingerprint density at radius 2 is 1.74 bits per heavy atom. The summed E-state index contributed by atoms with van der Waals surface area (Å²) in [6.07, 6.45) is 0. The SMILES string of the molecule is Brc1ccc(Br)[nH]1.CCOC(=O)c1ccccc1C. The number of carbonyl (C=O) groups is 1. The number of esters is 1. The third-order valence-corrected chi connectivity index (χ3v) is 3.18. The maximum atomic E-state index is 11.2. The van der Waals surface area contributed by atoms with E-state index in [4.69, 9.17) is 4.74 Å². The standard InChI is InChI=1S/C10H12O2.C4H3Br2N/c1-3-12-10(11)9-7-5-4-6-8(9)2;5-3-1-2-4(6)7-3/h4-7H,3H2,1-2H3;1-2,7H. The molecule has 0 saturated carbocycles. The number of ether oxygens (including phenoxy) is 1. The Bertz CT molecular complexity index is 521. The van der Waals surface area contributed by atoms with E-state index >= 15 is 0 Å². The van der Waals surface area contributed by atoms with E-state index in [0.717, 1.165) is 14.8 Å². The molecule has 0 radical (unpaired) electrons. The van der Waals surface area contributed by atoms with Gasteiger partial charge < -0.3 is 9.72 Å². The zero-order valence-corrected chi connectivity index (χ0v) is 13.9. The second-order valence-corrected chi connectivity index (χ2v) is 5.40. The van der Waals surface area contributed by atoms with Crippen LogP contribution >= 0.6 is 31.9 Å². The third kappa shape index (κ3) is 5.61. The molecule has 0 aliphatic carbocycles. The van der Waals surface area contributed by atoms with E-state index in [1.54, 1.807) is 13.0 Å². The molecule has 102 valence electrons. The molecule has 0 atom stereocenters. The Balaban J connectivity index is 0.000000218. The van der Waals surface area contributed by atoms with Crippen LogP contribution in [0.3, 0.4) is 0 Å². The number of H-pyrrole nitrogens is 1. The lowest BCUT2D eigenvalue weighted by molar-refractivity contribution is 0.0525. The number of nitrogens with one attached hydrogen (secondary N) is 1. The molecule has 5 heteroatoms. The average molecular weight is 389 g/mol. The molecule has 0 aliphatic rings. The van der Waals surface area contributed by atoms with Gasteiger partial charge in [0, 0.05) is 0 Å². The Morgan fingerprint density at radius 1 is 1.16 bits per heavy atom. The first-order valence-electron chi connectivity index (χ1n) is 5.77. The molecule has 1 aromatic carbocycles. The normalized spacial score (nSPS) is 9.47. The highest BCUT2D eigenvalue weighted by atomic mass is 79.9. The second-order valence-electron chi connectivity index (χ2n) is 3.69. The fourth-order valence-electron chi connectivity index (χ4n) is 1.35. The number of halogens is 2. The van der Waals surface area contributed by atoms with Crippen LogP contribution in [0.15, 0.2) is 45.6 Å². The van der Waals surface area contributed by atoms with Crippen molar-refractivity contribution in [2.75, 3.05) is 6.61 Å². The van der Waals surface area contributed by atoms with Crippen molar-refractivity contribution in [3.63, 3.8) is 0 Å². The summed E-state index contributed by atoms with van der Waals surface area (Å²) in [6.45, 7) is 4.12. The van der Waals surface area contributed by atoms with Crippen molar-refractivity contribution in [3.8, 4) is 0 Å². The van der Waals surface area contributed by atoms with E-state index in [1.165, 1.54) is 0 Å². The largest absolute Gasteiger partial charge is 0.462 e. The first-order chi connectivity index (χ1) is 9.04. The molecule has 0 saturated heterocycles.